The van der Waals surface area contributed by atoms with Crippen LogP contribution in [0.4, 0.5) is 0 Å². The van der Waals surface area contributed by atoms with Crippen LogP contribution < -0.4 is 5.32 Å². The predicted octanol–water partition coefficient (Wildman–Crippen LogP) is 3.63. The number of aromatic nitrogens is 3. The van der Waals surface area contributed by atoms with Crippen molar-refractivity contribution in [3.63, 3.8) is 0 Å². The Labute approximate surface area is 177 Å². The Morgan fingerprint density at radius 1 is 1.03 bits per heavy atom. The van der Waals surface area contributed by atoms with Crippen molar-refractivity contribution in [2.75, 3.05) is 14.1 Å². The van der Waals surface area contributed by atoms with E-state index >= 15 is 0 Å². The number of nitrogens with one attached hydrogen (secondary N) is 1. The summed E-state index contributed by atoms with van der Waals surface area (Å²) in [6, 6.07) is 21.1. The summed E-state index contributed by atoms with van der Waals surface area (Å²) >= 11 is 0. The quantitative estimate of drug-likeness (QED) is 0.397. The van der Waals surface area contributed by atoms with Crippen LogP contribution in [0.25, 0.3) is 11.0 Å². The van der Waals surface area contributed by atoms with E-state index in [0.29, 0.717) is 0 Å². The molecule has 0 saturated heterocycles. The first kappa shape index (κ1) is 19.8. The smallest absolute Gasteiger partial charge is 0.194 e. The molecule has 2 heterocycles. The molecule has 0 bridgehead atoms. The molecule has 30 heavy (non-hydrogen) atoms. The van der Waals surface area contributed by atoms with Gasteiger partial charge in [0.15, 0.2) is 5.96 Å². The van der Waals surface area contributed by atoms with Gasteiger partial charge in [0.2, 0.25) is 0 Å². The van der Waals surface area contributed by atoms with Crippen molar-refractivity contribution < 1.29 is 0 Å². The van der Waals surface area contributed by atoms with Gasteiger partial charge >= 0.3 is 0 Å². The summed E-state index contributed by atoms with van der Waals surface area (Å²) in [7, 11) is 5.94. The Morgan fingerprint density at radius 2 is 1.80 bits per heavy atom. The van der Waals surface area contributed by atoms with Gasteiger partial charge in [-0.3, -0.25) is 4.99 Å². The first-order valence-corrected chi connectivity index (χ1v) is 10.1. The van der Waals surface area contributed by atoms with Gasteiger partial charge in [-0.25, -0.2) is 4.98 Å². The number of hydrogen-bond acceptors (Lipinski definition) is 2. The number of fused-ring (bicyclic) bond motifs is 1. The molecule has 0 amide bonds. The maximum absolute atomic E-state index is 4.47. The molecule has 0 saturated carbocycles. The third-order valence-corrected chi connectivity index (χ3v) is 5.38. The summed E-state index contributed by atoms with van der Waals surface area (Å²) in [5.41, 5.74) is 5.92. The highest BCUT2D eigenvalue weighted by Gasteiger charge is 2.08. The summed E-state index contributed by atoms with van der Waals surface area (Å²) in [6.45, 7) is 2.36. The van der Waals surface area contributed by atoms with E-state index in [9.17, 15) is 0 Å². The minimum atomic E-state index is 0.735. The third-order valence-electron chi connectivity index (χ3n) is 5.38. The van der Waals surface area contributed by atoms with Crippen LogP contribution in [-0.4, -0.2) is 39.1 Å². The fraction of sp³-hybridized carbons (Fsp3) is 0.250. The first-order chi connectivity index (χ1) is 14.6. The third kappa shape index (κ3) is 4.38. The van der Waals surface area contributed by atoms with Crippen molar-refractivity contribution in [2.24, 2.45) is 12.0 Å². The van der Waals surface area contributed by atoms with Gasteiger partial charge in [0, 0.05) is 46.1 Å². The SMILES string of the molecule is CN=C(NCc1ccc(Cn2cnc3ccccc32)cc1)N(C)Cc1cccn1C. The van der Waals surface area contributed by atoms with E-state index in [1.54, 1.807) is 0 Å². The number of aliphatic imine (C=N–C) groups is 1. The number of para-hydroxylation sites is 2. The van der Waals surface area contributed by atoms with E-state index < -0.39 is 0 Å². The van der Waals surface area contributed by atoms with Gasteiger partial charge in [-0.15, -0.1) is 0 Å². The summed E-state index contributed by atoms with van der Waals surface area (Å²) in [6.07, 6.45) is 3.97. The zero-order valence-corrected chi connectivity index (χ0v) is 17.8. The van der Waals surface area contributed by atoms with E-state index in [2.05, 4.69) is 98.2 Å². The minimum Gasteiger partial charge on any atom is -0.353 e. The highest BCUT2D eigenvalue weighted by molar-refractivity contribution is 5.79. The van der Waals surface area contributed by atoms with Gasteiger partial charge in [0.25, 0.3) is 0 Å². The average Bonchev–Trinajstić information content (AvgIpc) is 3.36. The lowest BCUT2D eigenvalue weighted by atomic mass is 10.1. The average molecular weight is 401 g/mol. The summed E-state index contributed by atoms with van der Waals surface area (Å²) in [5, 5.41) is 3.46. The maximum atomic E-state index is 4.47. The Hall–Kier alpha value is -3.54. The van der Waals surface area contributed by atoms with Gasteiger partial charge in [-0.1, -0.05) is 36.4 Å². The fourth-order valence-electron chi connectivity index (χ4n) is 3.64. The van der Waals surface area contributed by atoms with Crippen LogP contribution in [0.1, 0.15) is 16.8 Å². The second-order valence-corrected chi connectivity index (χ2v) is 7.54. The molecule has 0 atom stereocenters. The standard InChI is InChI=1S/C24H28N6/c1-25-24(29(3)17-21-7-6-14-28(21)2)26-15-19-10-12-20(13-11-19)16-30-18-27-22-8-4-5-9-23(22)30/h4-14,18H,15-17H2,1-3H3,(H,25,26). The molecule has 6 nitrogen and oxygen atoms in total. The van der Waals surface area contributed by atoms with Crippen molar-refractivity contribution >= 4 is 17.0 Å². The molecule has 0 unspecified atom stereocenters. The van der Waals surface area contributed by atoms with Crippen LogP contribution in [-0.2, 0) is 26.7 Å². The second kappa shape index (κ2) is 8.86. The van der Waals surface area contributed by atoms with E-state index in [-0.39, 0.29) is 0 Å². The molecule has 0 radical (unpaired) electrons. The Kier molecular flexibility index (Phi) is 5.84. The number of benzene rings is 2. The molecule has 0 spiro atoms. The molecule has 154 valence electrons. The molecule has 0 aliphatic rings. The van der Waals surface area contributed by atoms with Crippen LogP contribution >= 0.6 is 0 Å². The summed E-state index contributed by atoms with van der Waals surface area (Å²) in [5.74, 6) is 0.880. The Balaban J connectivity index is 1.35. The number of aryl methyl sites for hydroxylation is 1. The topological polar surface area (TPSA) is 50.4 Å². The van der Waals surface area contributed by atoms with Gasteiger partial charge in [-0.05, 0) is 35.4 Å². The van der Waals surface area contributed by atoms with Crippen molar-refractivity contribution in [1.29, 1.82) is 0 Å². The molecule has 1 N–H and O–H groups in total. The summed E-state index contributed by atoms with van der Waals surface area (Å²) < 4.78 is 4.31. The van der Waals surface area contributed by atoms with E-state index in [1.807, 2.05) is 25.5 Å². The van der Waals surface area contributed by atoms with Crippen molar-refractivity contribution in [1.82, 2.24) is 24.3 Å². The zero-order valence-electron chi connectivity index (χ0n) is 17.8. The predicted molar refractivity (Wildman–Crippen MR) is 122 cm³/mol. The van der Waals surface area contributed by atoms with E-state index in [4.69, 9.17) is 0 Å². The normalized spacial score (nSPS) is 11.8. The molecule has 0 aliphatic carbocycles. The lowest BCUT2D eigenvalue weighted by molar-refractivity contribution is 0.461. The van der Waals surface area contributed by atoms with E-state index in [1.165, 1.54) is 16.8 Å². The van der Waals surface area contributed by atoms with Gasteiger partial charge in [-0.2, -0.15) is 0 Å². The lowest BCUT2D eigenvalue weighted by Crippen LogP contribution is -2.38. The van der Waals surface area contributed by atoms with Crippen LogP contribution in [0.2, 0.25) is 0 Å². The molecule has 0 aliphatic heterocycles. The molecule has 2 aromatic heterocycles. The molecule has 4 aromatic rings. The monoisotopic (exact) mass is 400 g/mol. The van der Waals surface area contributed by atoms with Gasteiger partial charge < -0.3 is 19.4 Å². The van der Waals surface area contributed by atoms with Crippen molar-refractivity contribution in [3.8, 4) is 0 Å². The van der Waals surface area contributed by atoms with Crippen LogP contribution in [0, 0.1) is 0 Å². The first-order valence-electron chi connectivity index (χ1n) is 10.1. The van der Waals surface area contributed by atoms with Crippen LogP contribution in [0.5, 0.6) is 0 Å². The highest BCUT2D eigenvalue weighted by atomic mass is 15.3. The molecular formula is C24H28N6. The molecular weight excluding hydrogens is 372 g/mol. The van der Waals surface area contributed by atoms with Gasteiger partial charge in [0.1, 0.15) is 0 Å². The maximum Gasteiger partial charge on any atom is 0.194 e. The largest absolute Gasteiger partial charge is 0.353 e. The highest BCUT2D eigenvalue weighted by Crippen LogP contribution is 2.14. The van der Waals surface area contributed by atoms with Crippen molar-refractivity contribution in [2.45, 2.75) is 19.6 Å². The van der Waals surface area contributed by atoms with E-state index in [0.717, 1.165) is 36.6 Å². The second-order valence-electron chi connectivity index (χ2n) is 7.54. The lowest BCUT2D eigenvalue weighted by Gasteiger charge is -2.22. The molecule has 2 aromatic carbocycles. The van der Waals surface area contributed by atoms with Crippen LogP contribution in [0.3, 0.4) is 0 Å². The molecule has 0 fully saturated rings. The van der Waals surface area contributed by atoms with Crippen LogP contribution in [0.15, 0.2) is 78.2 Å². The molecule has 6 heteroatoms. The Bertz CT molecular complexity index is 1140. The number of guanidine groups is 1. The fourth-order valence-corrected chi connectivity index (χ4v) is 3.64. The minimum absolute atomic E-state index is 0.735. The Morgan fingerprint density at radius 3 is 2.53 bits per heavy atom. The summed E-state index contributed by atoms with van der Waals surface area (Å²) in [4.78, 5) is 11.0. The molecule has 4 rings (SSSR count). The number of imidazole rings is 1. The van der Waals surface area contributed by atoms with Crippen molar-refractivity contribution in [3.05, 3.63) is 90.0 Å². The number of rotatable bonds is 6. The number of hydrogen-bond donors (Lipinski definition) is 1. The zero-order chi connectivity index (χ0) is 20.9. The number of nitrogens with zero attached hydrogens (tertiary/aromatic N) is 5. The van der Waals surface area contributed by atoms with Gasteiger partial charge in [0.05, 0.1) is 23.9 Å².